The predicted molar refractivity (Wildman–Crippen MR) is 105 cm³/mol. The number of hydrogen-bond acceptors (Lipinski definition) is 6. The van der Waals surface area contributed by atoms with Gasteiger partial charge in [-0.25, -0.2) is 0 Å². The van der Waals surface area contributed by atoms with Crippen LogP contribution in [0.15, 0.2) is 42.5 Å². The highest BCUT2D eigenvalue weighted by Gasteiger charge is 2.27. The molecular weight excluding hydrogens is 417 g/mol. The highest BCUT2D eigenvalue weighted by atomic mass is 19.4. The molecule has 31 heavy (non-hydrogen) atoms. The molecule has 2 aromatic carbocycles. The van der Waals surface area contributed by atoms with E-state index in [-0.39, 0.29) is 18.1 Å². The number of halogens is 3. The van der Waals surface area contributed by atoms with Crippen LogP contribution in [0, 0.1) is 0 Å². The van der Waals surface area contributed by atoms with E-state index in [0.717, 1.165) is 0 Å². The maximum atomic E-state index is 12.4. The van der Waals surface area contributed by atoms with Crippen LogP contribution in [-0.2, 0) is 11.3 Å². The summed E-state index contributed by atoms with van der Waals surface area (Å²) in [6.45, 7) is -1.54. The van der Waals surface area contributed by atoms with Gasteiger partial charge in [0.25, 0.3) is 5.91 Å². The first-order valence-electron chi connectivity index (χ1n) is 8.98. The standard InChI is InChI=1S/C20H19F3N4O4/c1-29-14-7-8-15(16(9-14)30-2)17-24-19(27-26-17)25-18(28)13-5-3-12(4-6-13)10-31-11-20(21,22)23/h3-9H,10-11H2,1-2H3,(H2,24,25,26,27,28). The van der Waals surface area contributed by atoms with Crippen molar-refractivity contribution in [2.75, 3.05) is 26.1 Å². The van der Waals surface area contributed by atoms with E-state index in [1.807, 2.05) is 0 Å². The average molecular weight is 436 g/mol. The fourth-order valence-electron chi connectivity index (χ4n) is 2.64. The molecule has 164 valence electrons. The summed E-state index contributed by atoms with van der Waals surface area (Å²) < 4.78 is 51.4. The number of H-pyrrole nitrogens is 1. The lowest BCUT2D eigenvalue weighted by Crippen LogP contribution is -2.16. The first kappa shape index (κ1) is 22.1. The normalized spacial score (nSPS) is 11.3. The van der Waals surface area contributed by atoms with Crippen LogP contribution < -0.4 is 14.8 Å². The zero-order valence-electron chi connectivity index (χ0n) is 16.6. The lowest BCUT2D eigenvalue weighted by atomic mass is 10.1. The van der Waals surface area contributed by atoms with E-state index in [9.17, 15) is 18.0 Å². The Balaban J connectivity index is 1.64. The molecule has 1 aromatic heterocycles. The zero-order valence-corrected chi connectivity index (χ0v) is 16.6. The quantitative estimate of drug-likeness (QED) is 0.557. The number of ether oxygens (including phenoxy) is 3. The van der Waals surface area contributed by atoms with Gasteiger partial charge in [-0.3, -0.25) is 15.2 Å². The molecule has 0 fully saturated rings. The van der Waals surface area contributed by atoms with Gasteiger partial charge in [-0.2, -0.15) is 18.2 Å². The summed E-state index contributed by atoms with van der Waals surface area (Å²) >= 11 is 0. The Bertz CT molecular complexity index is 1040. The van der Waals surface area contributed by atoms with Crippen LogP contribution in [-0.4, -0.2) is 48.1 Å². The molecular formula is C20H19F3N4O4. The molecule has 0 aliphatic carbocycles. The van der Waals surface area contributed by atoms with E-state index in [1.54, 1.807) is 25.3 Å². The molecule has 11 heteroatoms. The van der Waals surface area contributed by atoms with Crippen molar-refractivity contribution in [3.63, 3.8) is 0 Å². The summed E-state index contributed by atoms with van der Waals surface area (Å²) in [7, 11) is 3.05. The van der Waals surface area contributed by atoms with E-state index >= 15 is 0 Å². The average Bonchev–Trinajstić information content (AvgIpc) is 3.21. The van der Waals surface area contributed by atoms with Gasteiger partial charge in [0.15, 0.2) is 5.82 Å². The number of aromatic amines is 1. The second-order valence-electron chi connectivity index (χ2n) is 6.33. The lowest BCUT2D eigenvalue weighted by molar-refractivity contribution is -0.176. The molecule has 3 rings (SSSR count). The SMILES string of the molecule is COc1ccc(-c2nc(NC(=O)c3ccc(COCC(F)(F)F)cc3)n[nH]2)c(OC)c1. The van der Waals surface area contributed by atoms with Crippen molar-refractivity contribution in [2.45, 2.75) is 12.8 Å². The van der Waals surface area contributed by atoms with Crippen molar-refractivity contribution < 1.29 is 32.2 Å². The molecule has 0 saturated heterocycles. The molecule has 0 unspecified atom stereocenters. The highest BCUT2D eigenvalue weighted by molar-refractivity contribution is 6.03. The lowest BCUT2D eigenvalue weighted by Gasteiger charge is -2.08. The van der Waals surface area contributed by atoms with E-state index in [1.165, 1.54) is 31.4 Å². The molecule has 0 spiro atoms. The number of anilines is 1. The van der Waals surface area contributed by atoms with E-state index in [2.05, 4.69) is 25.2 Å². The first-order valence-corrected chi connectivity index (χ1v) is 8.98. The summed E-state index contributed by atoms with van der Waals surface area (Å²) in [6, 6.07) is 11.1. The van der Waals surface area contributed by atoms with Gasteiger partial charge in [-0.15, -0.1) is 5.10 Å². The fourth-order valence-corrected chi connectivity index (χ4v) is 2.64. The summed E-state index contributed by atoms with van der Waals surface area (Å²) in [5, 5.41) is 9.26. The molecule has 0 saturated carbocycles. The minimum absolute atomic E-state index is 0.0514. The Hall–Kier alpha value is -3.60. The number of aromatic nitrogens is 3. The molecule has 0 aliphatic rings. The fraction of sp³-hybridized carbons (Fsp3) is 0.250. The van der Waals surface area contributed by atoms with Crippen molar-refractivity contribution in [2.24, 2.45) is 0 Å². The molecule has 1 amide bonds. The van der Waals surface area contributed by atoms with Gasteiger partial charge in [-0.1, -0.05) is 12.1 Å². The second-order valence-corrected chi connectivity index (χ2v) is 6.33. The Kier molecular flexibility index (Phi) is 6.75. The number of methoxy groups -OCH3 is 2. The van der Waals surface area contributed by atoms with Crippen LogP contribution in [0.4, 0.5) is 19.1 Å². The summed E-state index contributed by atoms with van der Waals surface area (Å²) in [4.78, 5) is 16.6. The first-order chi connectivity index (χ1) is 14.8. The number of alkyl halides is 3. The van der Waals surface area contributed by atoms with Crippen LogP contribution in [0.1, 0.15) is 15.9 Å². The summed E-state index contributed by atoms with van der Waals surface area (Å²) in [5.41, 5.74) is 1.42. The van der Waals surface area contributed by atoms with Crippen molar-refractivity contribution in [3.05, 3.63) is 53.6 Å². The van der Waals surface area contributed by atoms with Crippen LogP contribution >= 0.6 is 0 Å². The Morgan fingerprint density at radius 3 is 2.48 bits per heavy atom. The Labute approximate surface area is 175 Å². The maximum absolute atomic E-state index is 12.4. The van der Waals surface area contributed by atoms with Crippen molar-refractivity contribution in [1.29, 1.82) is 0 Å². The third kappa shape index (κ3) is 5.95. The molecule has 8 nitrogen and oxygen atoms in total. The minimum atomic E-state index is -4.38. The molecule has 1 heterocycles. The van der Waals surface area contributed by atoms with Gasteiger partial charge in [0.05, 0.1) is 26.4 Å². The molecule has 0 atom stereocenters. The topological polar surface area (TPSA) is 98.4 Å². The van der Waals surface area contributed by atoms with Gasteiger partial charge < -0.3 is 14.2 Å². The number of rotatable bonds is 8. The van der Waals surface area contributed by atoms with Crippen LogP contribution in [0.3, 0.4) is 0 Å². The van der Waals surface area contributed by atoms with Gasteiger partial charge in [0.1, 0.15) is 18.1 Å². The molecule has 0 bridgehead atoms. The van der Waals surface area contributed by atoms with Crippen molar-refractivity contribution in [3.8, 4) is 22.9 Å². The maximum Gasteiger partial charge on any atom is 0.411 e. The third-order valence-corrected chi connectivity index (χ3v) is 4.13. The molecule has 2 N–H and O–H groups in total. The van der Waals surface area contributed by atoms with E-state index < -0.39 is 18.7 Å². The Morgan fingerprint density at radius 1 is 1.10 bits per heavy atom. The number of benzene rings is 2. The molecule has 0 radical (unpaired) electrons. The smallest absolute Gasteiger partial charge is 0.411 e. The highest BCUT2D eigenvalue weighted by Crippen LogP contribution is 2.31. The van der Waals surface area contributed by atoms with Gasteiger partial charge >= 0.3 is 6.18 Å². The van der Waals surface area contributed by atoms with Crippen LogP contribution in [0.2, 0.25) is 0 Å². The van der Waals surface area contributed by atoms with Gasteiger partial charge in [-0.05, 0) is 29.8 Å². The predicted octanol–water partition coefficient (Wildman–Crippen LogP) is 3.82. The molecule has 0 aliphatic heterocycles. The number of hydrogen-bond donors (Lipinski definition) is 2. The number of amides is 1. The van der Waals surface area contributed by atoms with E-state index in [4.69, 9.17) is 9.47 Å². The van der Waals surface area contributed by atoms with Gasteiger partial charge in [0, 0.05) is 11.6 Å². The van der Waals surface area contributed by atoms with Gasteiger partial charge in [0.2, 0.25) is 5.95 Å². The Morgan fingerprint density at radius 2 is 1.84 bits per heavy atom. The summed E-state index contributed by atoms with van der Waals surface area (Å²) in [5.74, 6) is 1.08. The number of carbonyl (C=O) groups is 1. The molecule has 3 aromatic rings. The summed E-state index contributed by atoms with van der Waals surface area (Å²) in [6.07, 6.45) is -4.38. The van der Waals surface area contributed by atoms with Crippen LogP contribution in [0.25, 0.3) is 11.4 Å². The minimum Gasteiger partial charge on any atom is -0.497 e. The second kappa shape index (κ2) is 9.47. The number of nitrogens with zero attached hydrogens (tertiary/aromatic N) is 2. The van der Waals surface area contributed by atoms with E-state index in [0.29, 0.717) is 28.5 Å². The van der Waals surface area contributed by atoms with Crippen molar-refractivity contribution >= 4 is 11.9 Å². The monoisotopic (exact) mass is 436 g/mol. The zero-order chi connectivity index (χ0) is 22.4. The number of nitrogens with one attached hydrogen (secondary N) is 2. The third-order valence-electron chi connectivity index (χ3n) is 4.13. The van der Waals surface area contributed by atoms with Crippen molar-refractivity contribution in [1.82, 2.24) is 15.2 Å². The largest absolute Gasteiger partial charge is 0.497 e. The number of carbonyl (C=O) groups excluding carboxylic acids is 1. The van der Waals surface area contributed by atoms with Crippen LogP contribution in [0.5, 0.6) is 11.5 Å².